The molecule has 0 aliphatic heterocycles. The summed E-state index contributed by atoms with van der Waals surface area (Å²) in [5, 5.41) is 3.43. The number of ether oxygens (including phenoxy) is 1. The molecule has 1 saturated carbocycles. The van der Waals surface area contributed by atoms with Crippen LogP contribution in [0, 0.1) is 5.92 Å². The smallest absolute Gasteiger partial charge is 0.0843 e. The zero-order valence-electron chi connectivity index (χ0n) is 10.7. The van der Waals surface area contributed by atoms with E-state index in [4.69, 9.17) is 4.74 Å². The Balaban J connectivity index is 1.87. The Bertz CT molecular complexity index is 371. The minimum atomic E-state index is 0.463. The minimum Gasteiger partial charge on any atom is -0.378 e. The van der Waals surface area contributed by atoms with Gasteiger partial charge in [-0.3, -0.25) is 0 Å². The molecular weight excluding hydrogens is 378 g/mol. The first-order valence-electron chi connectivity index (χ1n) is 6.37. The predicted molar refractivity (Wildman–Crippen MR) is 84.3 cm³/mol. The van der Waals surface area contributed by atoms with E-state index in [0.717, 1.165) is 17.0 Å². The van der Waals surface area contributed by atoms with Crippen molar-refractivity contribution in [3.05, 3.63) is 19.2 Å². The van der Waals surface area contributed by atoms with Gasteiger partial charge in [-0.2, -0.15) is 0 Å². The van der Waals surface area contributed by atoms with Crippen LogP contribution in [-0.2, 0) is 4.74 Å². The van der Waals surface area contributed by atoms with Crippen LogP contribution in [0.15, 0.2) is 14.3 Å². The predicted octanol–water partition coefficient (Wildman–Crippen LogP) is 4.74. The summed E-state index contributed by atoms with van der Waals surface area (Å²) < 4.78 is 7.95. The van der Waals surface area contributed by atoms with Gasteiger partial charge < -0.3 is 10.1 Å². The van der Waals surface area contributed by atoms with Crippen LogP contribution in [-0.4, -0.2) is 19.8 Å². The average Bonchev–Trinajstić information content (AvgIpc) is 2.62. The molecule has 5 heteroatoms. The van der Waals surface area contributed by atoms with E-state index in [9.17, 15) is 0 Å². The van der Waals surface area contributed by atoms with Gasteiger partial charge >= 0.3 is 0 Å². The molecule has 0 aromatic carbocycles. The zero-order chi connectivity index (χ0) is 13.1. The van der Waals surface area contributed by atoms with Crippen LogP contribution in [0.4, 0.5) is 0 Å². The van der Waals surface area contributed by atoms with Crippen molar-refractivity contribution in [3.63, 3.8) is 0 Å². The number of hydrogen-bond donors (Lipinski definition) is 1. The highest BCUT2D eigenvalue weighted by atomic mass is 79.9. The van der Waals surface area contributed by atoms with E-state index in [-0.39, 0.29) is 0 Å². The van der Waals surface area contributed by atoms with Crippen LogP contribution >= 0.6 is 43.2 Å². The summed E-state index contributed by atoms with van der Waals surface area (Å²) in [5.74, 6) is 0.804. The fourth-order valence-electron chi connectivity index (χ4n) is 2.48. The molecule has 2 rings (SSSR count). The Kier molecular flexibility index (Phi) is 5.69. The summed E-state index contributed by atoms with van der Waals surface area (Å²) >= 11 is 8.93. The first-order valence-corrected chi connectivity index (χ1v) is 8.77. The Hall–Kier alpha value is 0.580. The first kappa shape index (κ1) is 15.0. The molecule has 1 atom stereocenters. The number of rotatable bonds is 6. The molecule has 1 fully saturated rings. The molecule has 1 aliphatic carbocycles. The highest BCUT2D eigenvalue weighted by Gasteiger charge is 2.31. The molecule has 1 aromatic rings. The molecule has 0 amide bonds. The summed E-state index contributed by atoms with van der Waals surface area (Å²) in [5.41, 5.74) is 0. The quantitative estimate of drug-likeness (QED) is 0.749. The van der Waals surface area contributed by atoms with Crippen LogP contribution in [0.2, 0.25) is 0 Å². The lowest BCUT2D eigenvalue weighted by Gasteiger charge is -2.36. The van der Waals surface area contributed by atoms with Crippen molar-refractivity contribution >= 4 is 43.2 Å². The second kappa shape index (κ2) is 6.84. The summed E-state index contributed by atoms with van der Waals surface area (Å²) in [4.78, 5) is 1.40. The zero-order valence-corrected chi connectivity index (χ0v) is 14.7. The fraction of sp³-hybridized carbons (Fsp3) is 0.692. The molecule has 0 saturated heterocycles. The monoisotopic (exact) mass is 395 g/mol. The Morgan fingerprint density at radius 2 is 2.22 bits per heavy atom. The summed E-state index contributed by atoms with van der Waals surface area (Å²) in [6.07, 6.45) is 4.16. The van der Waals surface area contributed by atoms with E-state index >= 15 is 0 Å². The molecule has 0 spiro atoms. The molecule has 18 heavy (non-hydrogen) atoms. The van der Waals surface area contributed by atoms with E-state index in [1.54, 1.807) is 0 Å². The van der Waals surface area contributed by atoms with Crippen molar-refractivity contribution in [3.8, 4) is 0 Å². The number of nitrogens with one attached hydrogen (secondary N) is 1. The van der Waals surface area contributed by atoms with Gasteiger partial charge in [-0.05, 0) is 77.1 Å². The second-order valence-electron chi connectivity index (χ2n) is 4.76. The molecule has 0 bridgehead atoms. The molecule has 2 nitrogen and oxygen atoms in total. The van der Waals surface area contributed by atoms with Gasteiger partial charge in [-0.15, -0.1) is 11.3 Å². The van der Waals surface area contributed by atoms with Crippen molar-refractivity contribution < 1.29 is 4.74 Å². The lowest BCUT2D eigenvalue weighted by Crippen LogP contribution is -2.34. The molecule has 1 aliphatic rings. The summed E-state index contributed by atoms with van der Waals surface area (Å²) in [6.45, 7) is 2.92. The maximum atomic E-state index is 5.62. The van der Waals surface area contributed by atoms with Gasteiger partial charge in [-0.1, -0.05) is 0 Å². The number of halogens is 2. The molecule has 1 aromatic heterocycles. The highest BCUT2D eigenvalue weighted by molar-refractivity contribution is 9.13. The topological polar surface area (TPSA) is 21.3 Å². The molecule has 0 radical (unpaired) electrons. The maximum Gasteiger partial charge on any atom is 0.0843 e. The molecule has 1 heterocycles. The van der Waals surface area contributed by atoms with Crippen molar-refractivity contribution in [2.75, 3.05) is 13.7 Å². The third-order valence-corrected chi connectivity index (χ3v) is 6.89. The van der Waals surface area contributed by atoms with E-state index in [0.29, 0.717) is 12.1 Å². The Morgan fingerprint density at radius 3 is 2.72 bits per heavy atom. The average molecular weight is 397 g/mol. The normalized spacial score (nSPS) is 24.9. The summed E-state index contributed by atoms with van der Waals surface area (Å²) in [6, 6.07) is 2.68. The van der Waals surface area contributed by atoms with Gasteiger partial charge in [0, 0.05) is 22.0 Å². The van der Waals surface area contributed by atoms with E-state index < -0.39 is 0 Å². The lowest BCUT2D eigenvalue weighted by molar-refractivity contribution is -0.0288. The largest absolute Gasteiger partial charge is 0.378 e. The van der Waals surface area contributed by atoms with Crippen LogP contribution < -0.4 is 5.32 Å². The van der Waals surface area contributed by atoms with Crippen molar-refractivity contribution in [2.24, 2.45) is 5.92 Å². The molecule has 102 valence electrons. The van der Waals surface area contributed by atoms with E-state index in [1.807, 2.05) is 18.4 Å². The lowest BCUT2D eigenvalue weighted by atomic mass is 9.78. The second-order valence-corrected chi connectivity index (χ2v) is 8.02. The van der Waals surface area contributed by atoms with Crippen molar-refractivity contribution in [1.29, 1.82) is 0 Å². The third kappa shape index (κ3) is 3.57. The van der Waals surface area contributed by atoms with E-state index in [1.165, 1.54) is 27.9 Å². The fourth-order valence-corrected chi connectivity index (χ4v) is 4.70. The van der Waals surface area contributed by atoms with Gasteiger partial charge in [0.05, 0.1) is 9.89 Å². The van der Waals surface area contributed by atoms with Crippen LogP contribution in [0.25, 0.3) is 0 Å². The Morgan fingerprint density at radius 1 is 1.50 bits per heavy atom. The number of thiophene rings is 1. The molecule has 1 N–H and O–H groups in total. The SMILES string of the molecule is CCOC1CC(CC(NC)c2cc(Br)c(Br)s2)C1. The third-order valence-electron chi connectivity index (χ3n) is 3.52. The van der Waals surface area contributed by atoms with Crippen LogP contribution in [0.5, 0.6) is 0 Å². The maximum absolute atomic E-state index is 5.62. The van der Waals surface area contributed by atoms with Crippen molar-refractivity contribution in [2.45, 2.75) is 38.3 Å². The van der Waals surface area contributed by atoms with Gasteiger partial charge in [0.15, 0.2) is 0 Å². The van der Waals surface area contributed by atoms with Gasteiger partial charge in [-0.25, -0.2) is 0 Å². The minimum absolute atomic E-state index is 0.463. The highest BCUT2D eigenvalue weighted by Crippen LogP contribution is 2.41. The standard InChI is InChI=1S/C13H19Br2NOS/c1-3-17-9-4-8(5-9)6-11(16-2)12-7-10(14)13(15)18-12/h7-9,11,16H,3-6H2,1-2H3. The number of hydrogen-bond acceptors (Lipinski definition) is 3. The summed E-state index contributed by atoms with van der Waals surface area (Å²) in [7, 11) is 2.05. The van der Waals surface area contributed by atoms with Crippen LogP contribution in [0.3, 0.4) is 0 Å². The van der Waals surface area contributed by atoms with Gasteiger partial charge in [0.25, 0.3) is 0 Å². The first-order chi connectivity index (χ1) is 8.63. The molecule has 1 unspecified atom stereocenters. The van der Waals surface area contributed by atoms with Gasteiger partial charge in [0.1, 0.15) is 0 Å². The van der Waals surface area contributed by atoms with Crippen LogP contribution in [0.1, 0.15) is 37.1 Å². The van der Waals surface area contributed by atoms with Gasteiger partial charge in [0.2, 0.25) is 0 Å². The Labute approximate surface area is 130 Å². The molecular formula is C13H19Br2NOS. The van der Waals surface area contributed by atoms with Crippen molar-refractivity contribution in [1.82, 2.24) is 5.32 Å². The van der Waals surface area contributed by atoms with E-state index in [2.05, 4.69) is 50.2 Å².